The standard InChI is InChI=1S/C18H20N6O/c1-13-10-23(16-9-18(25)20-12-19-16)11-17-22-21-15(24(13)17)8-7-14-5-3-2-4-6-14/h2-6,9,12-13H,7-8,10-11H2,1H3,(H,19,20,25)/t13-/m0/s1. The summed E-state index contributed by atoms with van der Waals surface area (Å²) >= 11 is 0. The number of H-pyrrole nitrogens is 1. The highest BCUT2D eigenvalue weighted by molar-refractivity contribution is 5.38. The van der Waals surface area contributed by atoms with Crippen LogP contribution in [-0.4, -0.2) is 31.3 Å². The molecule has 0 fully saturated rings. The van der Waals surface area contributed by atoms with E-state index >= 15 is 0 Å². The van der Waals surface area contributed by atoms with Crippen LogP contribution in [0.3, 0.4) is 0 Å². The lowest BCUT2D eigenvalue weighted by molar-refractivity contribution is 0.446. The smallest absolute Gasteiger partial charge is 0.252 e. The van der Waals surface area contributed by atoms with Gasteiger partial charge in [0.25, 0.3) is 5.56 Å². The summed E-state index contributed by atoms with van der Waals surface area (Å²) in [4.78, 5) is 20.4. The summed E-state index contributed by atoms with van der Waals surface area (Å²) in [5.74, 6) is 2.62. The second-order valence-electron chi connectivity index (χ2n) is 6.39. The summed E-state index contributed by atoms with van der Waals surface area (Å²) in [6.07, 6.45) is 3.25. The maximum atomic E-state index is 11.5. The summed E-state index contributed by atoms with van der Waals surface area (Å²) in [7, 11) is 0. The average molecular weight is 336 g/mol. The van der Waals surface area contributed by atoms with E-state index in [0.717, 1.165) is 31.0 Å². The molecule has 2 aromatic heterocycles. The van der Waals surface area contributed by atoms with Gasteiger partial charge in [0.15, 0.2) is 5.82 Å². The first kappa shape index (κ1) is 15.6. The number of benzene rings is 1. The van der Waals surface area contributed by atoms with Crippen LogP contribution in [0.25, 0.3) is 0 Å². The Morgan fingerprint density at radius 2 is 2.04 bits per heavy atom. The molecule has 0 amide bonds. The summed E-state index contributed by atoms with van der Waals surface area (Å²) in [6, 6.07) is 12.2. The fraction of sp³-hybridized carbons (Fsp3) is 0.333. The molecular formula is C18H20N6O. The molecule has 0 aliphatic carbocycles. The van der Waals surface area contributed by atoms with E-state index < -0.39 is 0 Å². The first-order valence-electron chi connectivity index (χ1n) is 8.47. The molecule has 3 aromatic rings. The number of nitrogens with zero attached hydrogens (tertiary/aromatic N) is 5. The van der Waals surface area contributed by atoms with Crippen molar-refractivity contribution in [1.82, 2.24) is 24.7 Å². The number of fused-ring (bicyclic) bond motifs is 1. The summed E-state index contributed by atoms with van der Waals surface area (Å²) in [5.41, 5.74) is 1.16. The van der Waals surface area contributed by atoms with E-state index in [1.54, 1.807) is 0 Å². The van der Waals surface area contributed by atoms with E-state index in [0.29, 0.717) is 12.4 Å². The fourth-order valence-electron chi connectivity index (χ4n) is 3.39. The zero-order valence-corrected chi connectivity index (χ0v) is 14.1. The largest absolute Gasteiger partial charge is 0.347 e. The Bertz CT molecular complexity index is 917. The molecule has 1 aliphatic heterocycles. The molecule has 7 nitrogen and oxygen atoms in total. The molecule has 7 heteroatoms. The van der Waals surface area contributed by atoms with Gasteiger partial charge in [-0.05, 0) is 18.9 Å². The van der Waals surface area contributed by atoms with Crippen LogP contribution >= 0.6 is 0 Å². The lowest BCUT2D eigenvalue weighted by Crippen LogP contribution is -2.38. The molecule has 25 heavy (non-hydrogen) atoms. The summed E-state index contributed by atoms with van der Waals surface area (Å²) < 4.78 is 2.23. The van der Waals surface area contributed by atoms with Gasteiger partial charge in [-0.25, -0.2) is 4.98 Å². The third-order valence-electron chi connectivity index (χ3n) is 4.56. The van der Waals surface area contributed by atoms with E-state index in [2.05, 4.69) is 60.8 Å². The van der Waals surface area contributed by atoms with E-state index in [1.807, 2.05) is 6.07 Å². The van der Waals surface area contributed by atoms with Crippen molar-refractivity contribution in [2.24, 2.45) is 0 Å². The Kier molecular flexibility index (Phi) is 4.05. The summed E-state index contributed by atoms with van der Waals surface area (Å²) in [5, 5.41) is 8.78. The molecule has 0 spiro atoms. The monoisotopic (exact) mass is 336 g/mol. The van der Waals surface area contributed by atoms with Crippen LogP contribution in [-0.2, 0) is 19.4 Å². The van der Waals surface area contributed by atoms with Crippen molar-refractivity contribution in [1.29, 1.82) is 0 Å². The minimum atomic E-state index is -0.145. The van der Waals surface area contributed by atoms with Gasteiger partial charge in [0.1, 0.15) is 11.6 Å². The number of nitrogens with one attached hydrogen (secondary N) is 1. The molecule has 0 radical (unpaired) electrons. The molecule has 1 aromatic carbocycles. The Balaban J connectivity index is 1.54. The van der Waals surface area contributed by atoms with Crippen LogP contribution in [0.15, 0.2) is 47.5 Å². The topological polar surface area (TPSA) is 79.7 Å². The minimum Gasteiger partial charge on any atom is -0.347 e. The molecule has 1 atom stereocenters. The van der Waals surface area contributed by atoms with Crippen molar-refractivity contribution >= 4 is 5.82 Å². The molecule has 1 N–H and O–H groups in total. The van der Waals surface area contributed by atoms with Crippen molar-refractivity contribution in [2.45, 2.75) is 32.4 Å². The van der Waals surface area contributed by atoms with Crippen molar-refractivity contribution in [2.75, 3.05) is 11.4 Å². The zero-order chi connectivity index (χ0) is 17.2. The van der Waals surface area contributed by atoms with Gasteiger partial charge in [-0.1, -0.05) is 30.3 Å². The number of hydrogen-bond acceptors (Lipinski definition) is 5. The van der Waals surface area contributed by atoms with Gasteiger partial charge in [-0.3, -0.25) is 4.79 Å². The van der Waals surface area contributed by atoms with E-state index in [4.69, 9.17) is 0 Å². The number of anilines is 1. The third kappa shape index (κ3) is 3.17. The Labute approximate surface area is 145 Å². The van der Waals surface area contributed by atoms with Gasteiger partial charge in [-0.2, -0.15) is 0 Å². The van der Waals surface area contributed by atoms with Crippen molar-refractivity contribution in [3.05, 3.63) is 70.3 Å². The molecule has 3 heterocycles. The van der Waals surface area contributed by atoms with E-state index in [1.165, 1.54) is 18.0 Å². The summed E-state index contributed by atoms with van der Waals surface area (Å²) in [6.45, 7) is 3.54. The molecule has 0 saturated carbocycles. The predicted octanol–water partition coefficient (Wildman–Crippen LogP) is 1.73. The molecule has 0 saturated heterocycles. The van der Waals surface area contributed by atoms with E-state index in [9.17, 15) is 4.79 Å². The molecule has 0 unspecified atom stereocenters. The molecule has 0 bridgehead atoms. The lowest BCUT2D eigenvalue weighted by atomic mass is 10.1. The van der Waals surface area contributed by atoms with Crippen LogP contribution in [0.2, 0.25) is 0 Å². The number of aryl methyl sites for hydroxylation is 2. The van der Waals surface area contributed by atoms with Crippen molar-refractivity contribution in [3.8, 4) is 0 Å². The normalized spacial score (nSPS) is 16.7. The van der Waals surface area contributed by atoms with Crippen LogP contribution in [0.1, 0.15) is 30.2 Å². The molecule has 128 valence electrons. The zero-order valence-electron chi connectivity index (χ0n) is 14.1. The third-order valence-corrected chi connectivity index (χ3v) is 4.56. The van der Waals surface area contributed by atoms with Gasteiger partial charge in [0.2, 0.25) is 0 Å². The van der Waals surface area contributed by atoms with E-state index in [-0.39, 0.29) is 11.6 Å². The Morgan fingerprint density at radius 3 is 2.84 bits per heavy atom. The van der Waals surface area contributed by atoms with Crippen molar-refractivity contribution in [3.63, 3.8) is 0 Å². The lowest BCUT2D eigenvalue weighted by Gasteiger charge is -2.33. The number of aromatic nitrogens is 5. The number of hydrogen-bond donors (Lipinski definition) is 1. The highest BCUT2D eigenvalue weighted by Crippen LogP contribution is 2.25. The van der Waals surface area contributed by atoms with Crippen LogP contribution < -0.4 is 10.5 Å². The fourth-order valence-corrected chi connectivity index (χ4v) is 3.39. The second kappa shape index (κ2) is 6.51. The number of aromatic amines is 1. The Hall–Kier alpha value is -2.96. The highest BCUT2D eigenvalue weighted by Gasteiger charge is 2.27. The average Bonchev–Trinajstić information content (AvgIpc) is 3.04. The van der Waals surface area contributed by atoms with Crippen LogP contribution in [0.5, 0.6) is 0 Å². The van der Waals surface area contributed by atoms with Gasteiger partial charge >= 0.3 is 0 Å². The van der Waals surface area contributed by atoms with Gasteiger partial charge < -0.3 is 14.5 Å². The minimum absolute atomic E-state index is 0.145. The number of rotatable bonds is 4. The van der Waals surface area contributed by atoms with Gasteiger partial charge in [0.05, 0.1) is 18.9 Å². The quantitative estimate of drug-likeness (QED) is 0.785. The van der Waals surface area contributed by atoms with Gasteiger partial charge in [-0.15, -0.1) is 10.2 Å². The molecule has 4 rings (SSSR count). The molecular weight excluding hydrogens is 316 g/mol. The SMILES string of the molecule is C[C@H]1CN(c2cc(=O)[nH]cn2)Cc2nnc(CCc3ccccc3)n21. The van der Waals surface area contributed by atoms with Gasteiger partial charge in [0, 0.05) is 19.0 Å². The predicted molar refractivity (Wildman–Crippen MR) is 94.5 cm³/mol. The Morgan fingerprint density at radius 1 is 1.20 bits per heavy atom. The van der Waals surface area contributed by atoms with Crippen molar-refractivity contribution < 1.29 is 0 Å². The van der Waals surface area contributed by atoms with Crippen LogP contribution in [0, 0.1) is 0 Å². The maximum Gasteiger partial charge on any atom is 0.252 e. The second-order valence-corrected chi connectivity index (χ2v) is 6.39. The first-order chi connectivity index (χ1) is 12.2. The first-order valence-corrected chi connectivity index (χ1v) is 8.47. The maximum absolute atomic E-state index is 11.5. The van der Waals surface area contributed by atoms with Crippen LogP contribution in [0.4, 0.5) is 5.82 Å². The molecule has 1 aliphatic rings. The highest BCUT2D eigenvalue weighted by atomic mass is 16.1.